The zero-order valence-electron chi connectivity index (χ0n) is 9.78. The van der Waals surface area contributed by atoms with Crippen LogP contribution in [0.5, 0.6) is 5.75 Å². The van der Waals surface area contributed by atoms with E-state index in [1.54, 1.807) is 24.5 Å². The summed E-state index contributed by atoms with van der Waals surface area (Å²) in [6, 6.07) is 6.62. The number of pyridine rings is 1. The van der Waals surface area contributed by atoms with E-state index in [4.69, 9.17) is 4.74 Å². The van der Waals surface area contributed by atoms with Crippen LogP contribution in [0.25, 0.3) is 0 Å². The first-order valence-corrected chi connectivity index (χ1v) is 6.28. The number of nitrogens with one attached hydrogen (secondary N) is 1. The van der Waals surface area contributed by atoms with Crippen LogP contribution in [0.3, 0.4) is 0 Å². The highest BCUT2D eigenvalue weighted by molar-refractivity contribution is 9.10. The third-order valence-electron chi connectivity index (χ3n) is 2.23. The Morgan fingerprint density at radius 3 is 2.78 bits per heavy atom. The maximum Gasteiger partial charge on any atom is 0.167 e. The van der Waals surface area contributed by atoms with Crippen molar-refractivity contribution in [1.82, 2.24) is 4.98 Å². The summed E-state index contributed by atoms with van der Waals surface area (Å²) < 4.78 is 19.6. The lowest BCUT2D eigenvalue weighted by atomic mass is 10.2. The van der Waals surface area contributed by atoms with Crippen LogP contribution >= 0.6 is 15.9 Å². The second-order valence-electron chi connectivity index (χ2n) is 3.60. The van der Waals surface area contributed by atoms with Crippen molar-refractivity contribution in [2.75, 3.05) is 11.9 Å². The highest BCUT2D eigenvalue weighted by Gasteiger charge is 2.04. The van der Waals surface area contributed by atoms with Crippen LogP contribution < -0.4 is 10.1 Å². The van der Waals surface area contributed by atoms with Gasteiger partial charge < -0.3 is 10.1 Å². The minimum Gasteiger partial charge on any atom is -0.491 e. The van der Waals surface area contributed by atoms with E-state index in [9.17, 15) is 4.39 Å². The van der Waals surface area contributed by atoms with E-state index in [-0.39, 0.29) is 11.6 Å². The third kappa shape index (κ3) is 3.20. The van der Waals surface area contributed by atoms with E-state index in [1.807, 2.05) is 13.0 Å². The largest absolute Gasteiger partial charge is 0.491 e. The van der Waals surface area contributed by atoms with E-state index < -0.39 is 0 Å². The van der Waals surface area contributed by atoms with E-state index >= 15 is 0 Å². The molecular weight excluding hydrogens is 299 g/mol. The second-order valence-corrected chi connectivity index (χ2v) is 4.51. The van der Waals surface area contributed by atoms with Crippen LogP contribution in [0.1, 0.15) is 6.92 Å². The molecule has 0 aliphatic heterocycles. The molecule has 1 aromatic heterocycles. The van der Waals surface area contributed by atoms with Gasteiger partial charge in [0.2, 0.25) is 0 Å². The Morgan fingerprint density at radius 1 is 1.28 bits per heavy atom. The minimum atomic E-state index is -0.384. The molecule has 94 valence electrons. The van der Waals surface area contributed by atoms with Crippen LogP contribution in [-0.4, -0.2) is 11.6 Å². The van der Waals surface area contributed by atoms with Gasteiger partial charge in [-0.3, -0.25) is 4.98 Å². The first-order valence-electron chi connectivity index (χ1n) is 5.49. The standard InChI is InChI=1S/C13H12BrFN2O/c1-2-18-13-4-3-10(6-12(13)15)17-11-5-9(14)7-16-8-11/h3-8,17H,2H2,1H3. The van der Waals surface area contributed by atoms with Crippen molar-refractivity contribution in [1.29, 1.82) is 0 Å². The summed E-state index contributed by atoms with van der Waals surface area (Å²) in [5, 5.41) is 3.07. The van der Waals surface area contributed by atoms with Gasteiger partial charge in [0.25, 0.3) is 0 Å². The molecule has 18 heavy (non-hydrogen) atoms. The predicted octanol–water partition coefficient (Wildman–Crippen LogP) is 4.13. The molecule has 0 amide bonds. The summed E-state index contributed by atoms with van der Waals surface area (Å²) in [6.07, 6.45) is 3.35. The van der Waals surface area contributed by atoms with Crippen LogP contribution in [0.2, 0.25) is 0 Å². The summed E-state index contributed by atoms with van der Waals surface area (Å²) >= 11 is 3.33. The van der Waals surface area contributed by atoms with Crippen LogP contribution in [0.15, 0.2) is 41.1 Å². The van der Waals surface area contributed by atoms with Crippen molar-refractivity contribution in [2.45, 2.75) is 6.92 Å². The smallest absolute Gasteiger partial charge is 0.167 e. The van der Waals surface area contributed by atoms with Gasteiger partial charge >= 0.3 is 0 Å². The molecule has 0 spiro atoms. The monoisotopic (exact) mass is 310 g/mol. The second kappa shape index (κ2) is 5.82. The maximum absolute atomic E-state index is 13.6. The molecule has 0 aliphatic rings. The molecule has 0 radical (unpaired) electrons. The minimum absolute atomic E-state index is 0.260. The topological polar surface area (TPSA) is 34.1 Å². The third-order valence-corrected chi connectivity index (χ3v) is 2.66. The zero-order valence-corrected chi connectivity index (χ0v) is 11.4. The molecule has 0 saturated heterocycles. The van der Waals surface area contributed by atoms with Crippen molar-refractivity contribution in [3.05, 3.63) is 46.9 Å². The lowest BCUT2D eigenvalue weighted by Crippen LogP contribution is -1.96. The molecule has 1 aromatic carbocycles. The molecule has 1 heterocycles. The fourth-order valence-corrected chi connectivity index (χ4v) is 1.86. The number of hydrogen-bond donors (Lipinski definition) is 1. The van der Waals surface area contributed by atoms with E-state index in [2.05, 4.69) is 26.2 Å². The van der Waals surface area contributed by atoms with Crippen molar-refractivity contribution in [3.8, 4) is 5.75 Å². The molecule has 0 aliphatic carbocycles. The Kier molecular flexibility index (Phi) is 4.15. The fraction of sp³-hybridized carbons (Fsp3) is 0.154. The van der Waals surface area contributed by atoms with Crippen LogP contribution in [-0.2, 0) is 0 Å². The average Bonchev–Trinajstić information content (AvgIpc) is 2.33. The highest BCUT2D eigenvalue weighted by Crippen LogP contribution is 2.24. The first kappa shape index (κ1) is 12.8. The van der Waals surface area contributed by atoms with E-state index in [0.717, 1.165) is 10.2 Å². The molecule has 0 atom stereocenters. The average molecular weight is 311 g/mol. The maximum atomic E-state index is 13.6. The van der Waals surface area contributed by atoms with Crippen LogP contribution in [0, 0.1) is 5.82 Å². The molecule has 2 aromatic rings. The lowest BCUT2D eigenvalue weighted by molar-refractivity contribution is 0.321. The van der Waals surface area contributed by atoms with Gasteiger partial charge in [0.05, 0.1) is 18.5 Å². The fourth-order valence-electron chi connectivity index (χ4n) is 1.50. The molecule has 0 saturated carbocycles. The van der Waals surface area contributed by atoms with Gasteiger partial charge in [0.1, 0.15) is 0 Å². The number of halogens is 2. The number of rotatable bonds is 4. The number of nitrogens with zero attached hydrogens (tertiary/aromatic N) is 1. The normalized spacial score (nSPS) is 10.2. The van der Waals surface area contributed by atoms with Gasteiger partial charge in [-0.1, -0.05) is 0 Å². The summed E-state index contributed by atoms with van der Waals surface area (Å²) in [6.45, 7) is 2.26. The van der Waals surface area contributed by atoms with Gasteiger partial charge in [0, 0.05) is 22.4 Å². The van der Waals surface area contributed by atoms with Crippen LogP contribution in [0.4, 0.5) is 15.8 Å². The first-order chi connectivity index (χ1) is 8.69. The molecule has 0 fully saturated rings. The Labute approximate surface area is 113 Å². The SMILES string of the molecule is CCOc1ccc(Nc2cncc(Br)c2)cc1F. The van der Waals surface area contributed by atoms with Gasteiger partial charge in [-0.25, -0.2) is 4.39 Å². The summed E-state index contributed by atoms with van der Waals surface area (Å²) in [5.41, 5.74) is 1.43. The quantitative estimate of drug-likeness (QED) is 0.922. The number of anilines is 2. The van der Waals surface area contributed by atoms with Crippen molar-refractivity contribution in [3.63, 3.8) is 0 Å². The molecule has 0 bridgehead atoms. The van der Waals surface area contributed by atoms with Crippen molar-refractivity contribution >= 4 is 27.3 Å². The Bertz CT molecular complexity index is 548. The molecule has 2 rings (SSSR count). The molecule has 1 N–H and O–H groups in total. The van der Waals surface area contributed by atoms with Crippen molar-refractivity contribution in [2.24, 2.45) is 0 Å². The highest BCUT2D eigenvalue weighted by atomic mass is 79.9. The zero-order chi connectivity index (χ0) is 13.0. The van der Waals surface area contributed by atoms with E-state index in [0.29, 0.717) is 12.3 Å². The number of benzene rings is 1. The Balaban J connectivity index is 2.17. The van der Waals surface area contributed by atoms with Gasteiger partial charge in [-0.05, 0) is 41.1 Å². The van der Waals surface area contributed by atoms with Gasteiger partial charge in [-0.2, -0.15) is 0 Å². The molecule has 0 unspecified atom stereocenters. The Morgan fingerprint density at radius 2 is 2.11 bits per heavy atom. The van der Waals surface area contributed by atoms with E-state index in [1.165, 1.54) is 6.07 Å². The number of hydrogen-bond acceptors (Lipinski definition) is 3. The lowest BCUT2D eigenvalue weighted by Gasteiger charge is -2.09. The number of ether oxygens (including phenoxy) is 1. The Hall–Kier alpha value is -1.62. The predicted molar refractivity (Wildman–Crippen MR) is 72.8 cm³/mol. The van der Waals surface area contributed by atoms with Gasteiger partial charge in [0.15, 0.2) is 11.6 Å². The molecule has 3 nitrogen and oxygen atoms in total. The summed E-state index contributed by atoms with van der Waals surface area (Å²) in [5.74, 6) is -0.125. The summed E-state index contributed by atoms with van der Waals surface area (Å²) in [7, 11) is 0. The molecule has 5 heteroatoms. The molecular formula is C13H12BrFN2O. The summed E-state index contributed by atoms with van der Waals surface area (Å²) in [4.78, 5) is 4.02. The number of aromatic nitrogens is 1. The van der Waals surface area contributed by atoms with Crippen molar-refractivity contribution < 1.29 is 9.13 Å². The van der Waals surface area contributed by atoms with Gasteiger partial charge in [-0.15, -0.1) is 0 Å².